The normalized spacial score (nSPS) is 11.8. The van der Waals surface area contributed by atoms with Gasteiger partial charge >= 0.3 is 50.0 Å². The van der Waals surface area contributed by atoms with Gasteiger partial charge in [-0.05, 0) is 72.8 Å². The molecule has 0 amide bonds. The maximum absolute atomic E-state index is 4.91. The van der Waals surface area contributed by atoms with Crippen LogP contribution >= 0.6 is 0 Å². The summed E-state index contributed by atoms with van der Waals surface area (Å²) in [5, 5.41) is 0. The molecule has 8 bridgehead atoms. The van der Waals surface area contributed by atoms with Crippen molar-refractivity contribution < 1.29 is 16.0 Å². The molecule has 4 aromatic rings. The van der Waals surface area contributed by atoms with Crippen LogP contribution in [0.3, 0.4) is 0 Å². The molecule has 2 aliphatic heterocycles. The average Bonchev–Trinajstić information content (AvgIpc) is 3.55. The predicted molar refractivity (Wildman–Crippen MR) is 123 cm³/mol. The van der Waals surface area contributed by atoms with Crippen LogP contribution in [-0.2, 0) is 16.0 Å². The summed E-state index contributed by atoms with van der Waals surface area (Å²) in [7, 11) is 0. The number of hydrogen-bond donors (Lipinski definition) is 2. The summed E-state index contributed by atoms with van der Waals surface area (Å²) < 4.78 is 0.822. The summed E-state index contributed by atoms with van der Waals surface area (Å²) in [6.07, 6.45) is 11.4. The van der Waals surface area contributed by atoms with Crippen molar-refractivity contribution in [2.24, 2.45) is 0 Å². The summed E-state index contributed by atoms with van der Waals surface area (Å²) in [6, 6.07) is 19.9. The Morgan fingerprint density at radius 3 is 1.16 bits per heavy atom. The van der Waals surface area contributed by atoms with Crippen LogP contribution in [0, 0.1) is 0 Å². The second-order valence-electron chi connectivity index (χ2n) is 7.03. The molecular formula is C25H18CuN5. The van der Waals surface area contributed by atoms with Gasteiger partial charge in [0.15, 0.2) is 0 Å². The van der Waals surface area contributed by atoms with E-state index in [2.05, 4.69) is 49.2 Å². The molecule has 4 aromatic heterocycles. The van der Waals surface area contributed by atoms with E-state index in [1.807, 2.05) is 48.6 Å². The molecule has 31 heavy (non-hydrogen) atoms. The summed E-state index contributed by atoms with van der Waals surface area (Å²) in [5.41, 5.74) is 7.86. The molecule has 0 spiro atoms. The van der Waals surface area contributed by atoms with Gasteiger partial charge in [-0.3, -0.25) is 0 Å². The first-order valence-corrected chi connectivity index (χ1v) is 10.2. The summed E-state index contributed by atoms with van der Waals surface area (Å²) in [5.74, 6) is 0. The summed E-state index contributed by atoms with van der Waals surface area (Å²) >= 11 is 4.91. The number of H-pyrrole nitrogens is 2. The molecule has 0 radical (unpaired) electrons. The van der Waals surface area contributed by atoms with Crippen LogP contribution < -0.4 is 4.46 Å². The fourth-order valence-corrected chi connectivity index (χ4v) is 3.41. The number of pyridine rings is 1. The number of hydrogen-bond acceptors (Lipinski definition) is 3. The number of aromatic nitrogens is 5. The van der Waals surface area contributed by atoms with E-state index in [-0.39, 0.29) is 0 Å². The third-order valence-corrected chi connectivity index (χ3v) is 4.97. The summed E-state index contributed by atoms with van der Waals surface area (Å²) in [6.45, 7) is 0. The first-order chi connectivity index (χ1) is 15.2. The van der Waals surface area contributed by atoms with E-state index in [4.69, 9.17) is 16.0 Å². The van der Waals surface area contributed by atoms with Crippen LogP contribution in [0.15, 0.2) is 73.1 Å². The van der Waals surface area contributed by atoms with Gasteiger partial charge in [-0.15, -0.1) is 0 Å². The Balaban J connectivity index is 0.000000250. The molecule has 0 atom stereocenters. The fraction of sp³-hybridized carbons (Fsp3) is 0. The van der Waals surface area contributed by atoms with E-state index in [1.54, 1.807) is 24.5 Å². The Morgan fingerprint density at radius 2 is 0.871 bits per heavy atom. The Hall–Kier alpha value is -3.73. The van der Waals surface area contributed by atoms with E-state index >= 15 is 0 Å². The average molecular weight is 452 g/mol. The molecular weight excluding hydrogens is 434 g/mol. The van der Waals surface area contributed by atoms with Crippen molar-refractivity contribution in [2.45, 2.75) is 0 Å². The van der Waals surface area contributed by atoms with Crippen LogP contribution in [0.1, 0.15) is 22.8 Å². The maximum atomic E-state index is 4.91. The molecule has 0 unspecified atom stereocenters. The third-order valence-electron chi connectivity index (χ3n) is 4.66. The molecule has 0 aromatic carbocycles. The van der Waals surface area contributed by atoms with Crippen LogP contribution in [0.25, 0.3) is 46.4 Å². The van der Waals surface area contributed by atoms with Gasteiger partial charge < -0.3 is 9.97 Å². The molecule has 154 valence electrons. The molecule has 0 aliphatic carbocycles. The Morgan fingerprint density at radius 1 is 0.516 bits per heavy atom. The van der Waals surface area contributed by atoms with Gasteiger partial charge in [-0.2, -0.15) is 0 Å². The molecule has 0 saturated heterocycles. The zero-order valence-electron chi connectivity index (χ0n) is 16.4. The van der Waals surface area contributed by atoms with Gasteiger partial charge in [0.05, 0.1) is 22.8 Å². The topological polar surface area (TPSA) is 70.2 Å². The van der Waals surface area contributed by atoms with Crippen molar-refractivity contribution in [3.63, 3.8) is 0 Å². The zero-order chi connectivity index (χ0) is 21.0. The van der Waals surface area contributed by atoms with Crippen molar-refractivity contribution in [3.8, 4) is 0 Å². The minimum atomic E-state index is 0.822. The molecule has 0 fully saturated rings. The van der Waals surface area contributed by atoms with Gasteiger partial charge in [0, 0.05) is 22.1 Å². The molecule has 6 heterocycles. The van der Waals surface area contributed by atoms with Crippen LogP contribution in [-0.4, -0.2) is 24.9 Å². The molecule has 2 aliphatic rings. The van der Waals surface area contributed by atoms with Crippen LogP contribution in [0.2, 0.25) is 0 Å². The van der Waals surface area contributed by atoms with E-state index < -0.39 is 0 Å². The van der Waals surface area contributed by atoms with Gasteiger partial charge in [-0.1, -0.05) is 0 Å². The van der Waals surface area contributed by atoms with Crippen molar-refractivity contribution >= 4 is 50.8 Å². The number of fused-ring (bicyclic) bond motifs is 8. The summed E-state index contributed by atoms with van der Waals surface area (Å²) in [4.78, 5) is 19.8. The van der Waals surface area contributed by atoms with Crippen molar-refractivity contribution in [3.05, 3.63) is 95.8 Å². The number of nitrogens with zero attached hydrogens (tertiary/aromatic N) is 3. The number of rotatable bonds is 0. The van der Waals surface area contributed by atoms with Gasteiger partial charge in [0.25, 0.3) is 0 Å². The van der Waals surface area contributed by atoms with Crippen molar-refractivity contribution in [2.75, 3.05) is 0 Å². The van der Waals surface area contributed by atoms with E-state index in [0.717, 1.165) is 49.3 Å². The Bertz CT molecular complexity index is 1270. The molecule has 6 rings (SSSR count). The van der Waals surface area contributed by atoms with Crippen molar-refractivity contribution in [1.29, 1.82) is 0 Å². The van der Waals surface area contributed by atoms with Crippen LogP contribution in [0.5, 0.6) is 0 Å². The van der Waals surface area contributed by atoms with Crippen molar-refractivity contribution in [1.82, 2.24) is 24.9 Å². The van der Waals surface area contributed by atoms with Gasteiger partial charge in [0.2, 0.25) is 0 Å². The van der Waals surface area contributed by atoms with E-state index in [9.17, 15) is 0 Å². The second kappa shape index (κ2) is 8.56. The first kappa shape index (κ1) is 19.2. The second-order valence-corrected chi connectivity index (χ2v) is 7.57. The van der Waals surface area contributed by atoms with Crippen LogP contribution in [0.4, 0.5) is 0 Å². The van der Waals surface area contributed by atoms with E-state index in [0.29, 0.717) is 0 Å². The predicted octanol–water partition coefficient (Wildman–Crippen LogP) is 4.91. The Kier molecular flexibility index (Phi) is 5.31. The monoisotopic (exact) mass is 451 g/mol. The number of aromatic amines is 2. The standard InChI is InChI=1S/C20H14N4.C5H4N.Cu/c1-2-14-10-16-5-6-18(23-16)12-20-8-7-19(24-20)11-17-4-3-15(22-17)9-13(1)21-14;1-2-4-6-5-3-1;/h1-12,21,24H;2-5H;. The quantitative estimate of drug-likeness (QED) is 0.322. The molecule has 2 N–H and O–H groups in total. The first-order valence-electron chi connectivity index (χ1n) is 9.76. The van der Waals surface area contributed by atoms with Gasteiger partial charge in [-0.25, -0.2) is 9.97 Å². The van der Waals surface area contributed by atoms with Gasteiger partial charge in [0.1, 0.15) is 0 Å². The fourth-order valence-electron chi connectivity index (χ4n) is 3.27. The SMILES string of the molecule is C1=Cc2cc3ccc(cc4nc(cc5ccc(cc1n2)[nH]5)C=C4)[nH]3.[Cu][c]1ccncc1. The van der Waals surface area contributed by atoms with E-state index in [1.165, 1.54) is 0 Å². The Labute approximate surface area is 187 Å². The molecule has 5 nitrogen and oxygen atoms in total. The minimum absolute atomic E-state index is 0.822. The zero-order valence-corrected chi connectivity index (χ0v) is 17.3. The molecule has 6 heteroatoms. The third kappa shape index (κ3) is 4.89. The number of nitrogens with one attached hydrogen (secondary N) is 2. The molecule has 0 saturated carbocycles.